The van der Waals surface area contributed by atoms with Gasteiger partial charge in [0.15, 0.2) is 0 Å². The van der Waals surface area contributed by atoms with Crippen LogP contribution in [0.3, 0.4) is 0 Å². The van der Waals surface area contributed by atoms with Crippen LogP contribution in [-0.4, -0.2) is 23.7 Å². The highest BCUT2D eigenvalue weighted by atomic mass is 16.5. The number of ether oxygens (including phenoxy) is 1. The van der Waals surface area contributed by atoms with E-state index >= 15 is 0 Å². The molecule has 0 bridgehead atoms. The number of rotatable bonds is 3. The molecule has 0 amide bonds. The molecule has 1 atom stereocenters. The zero-order valence-corrected chi connectivity index (χ0v) is 10.1. The average molecular weight is 235 g/mol. The first-order valence-electron chi connectivity index (χ1n) is 5.61. The van der Waals surface area contributed by atoms with Crippen LogP contribution < -0.4 is 5.73 Å². The third-order valence-electron chi connectivity index (χ3n) is 3.75. The molecule has 1 aromatic carbocycles. The molecule has 0 spiro atoms. The Labute approximate surface area is 100 Å². The van der Waals surface area contributed by atoms with Gasteiger partial charge in [0.2, 0.25) is 0 Å². The second-order valence-corrected chi connectivity index (χ2v) is 4.83. The van der Waals surface area contributed by atoms with E-state index in [-0.39, 0.29) is 5.75 Å². The van der Waals surface area contributed by atoms with Gasteiger partial charge in [0.05, 0.1) is 7.11 Å². The highest BCUT2D eigenvalue weighted by Gasteiger charge is 2.60. The Hall–Kier alpha value is -1.55. The van der Waals surface area contributed by atoms with Gasteiger partial charge in [-0.2, -0.15) is 0 Å². The summed E-state index contributed by atoms with van der Waals surface area (Å²) in [6.45, 7) is 1.69. The molecule has 2 rings (SSSR count). The van der Waals surface area contributed by atoms with E-state index in [0.717, 1.165) is 18.4 Å². The van der Waals surface area contributed by atoms with Crippen molar-refractivity contribution in [3.8, 4) is 5.75 Å². The minimum absolute atomic E-state index is 0.189. The molecule has 92 valence electrons. The van der Waals surface area contributed by atoms with Crippen molar-refractivity contribution in [2.45, 2.75) is 30.7 Å². The number of carbonyl (C=O) groups excluding carboxylic acids is 1. The number of hydrogen-bond acceptors (Lipinski definition) is 4. The van der Waals surface area contributed by atoms with Crippen molar-refractivity contribution in [2.75, 3.05) is 7.11 Å². The number of phenols is 1. The molecular formula is C13H17NO3. The van der Waals surface area contributed by atoms with Crippen LogP contribution in [0.5, 0.6) is 5.75 Å². The zero-order valence-electron chi connectivity index (χ0n) is 10.1. The SMILES string of the molecule is COC(=O)C(C)(N)C1(c2cccc(O)c2)CC1. The van der Waals surface area contributed by atoms with Gasteiger partial charge in [0.1, 0.15) is 11.3 Å². The quantitative estimate of drug-likeness (QED) is 0.775. The van der Waals surface area contributed by atoms with Crippen LogP contribution >= 0.6 is 0 Å². The molecule has 1 aromatic rings. The predicted molar refractivity (Wildman–Crippen MR) is 63.6 cm³/mol. The summed E-state index contributed by atoms with van der Waals surface area (Å²) in [4.78, 5) is 11.8. The fourth-order valence-electron chi connectivity index (χ4n) is 2.44. The number of benzene rings is 1. The van der Waals surface area contributed by atoms with Gasteiger partial charge < -0.3 is 15.6 Å². The third-order valence-corrected chi connectivity index (χ3v) is 3.75. The van der Waals surface area contributed by atoms with Crippen molar-refractivity contribution in [1.82, 2.24) is 0 Å². The Bertz CT molecular complexity index is 450. The maximum absolute atomic E-state index is 11.8. The van der Waals surface area contributed by atoms with Crippen molar-refractivity contribution in [3.63, 3.8) is 0 Å². The molecule has 0 radical (unpaired) electrons. The van der Waals surface area contributed by atoms with Crippen molar-refractivity contribution in [2.24, 2.45) is 5.73 Å². The predicted octanol–water partition coefficient (Wildman–Crippen LogP) is 1.31. The first kappa shape index (κ1) is 11.9. The monoisotopic (exact) mass is 235 g/mol. The molecule has 1 fully saturated rings. The number of carbonyl (C=O) groups is 1. The lowest BCUT2D eigenvalue weighted by atomic mass is 9.78. The lowest BCUT2D eigenvalue weighted by Crippen LogP contribution is -2.55. The average Bonchev–Trinajstić information content (AvgIpc) is 3.09. The summed E-state index contributed by atoms with van der Waals surface area (Å²) in [7, 11) is 1.34. The number of esters is 1. The molecule has 0 aromatic heterocycles. The highest BCUT2D eigenvalue weighted by Crippen LogP contribution is 2.55. The van der Waals surface area contributed by atoms with Crippen molar-refractivity contribution in [1.29, 1.82) is 0 Å². The summed E-state index contributed by atoms with van der Waals surface area (Å²) in [6, 6.07) is 6.92. The van der Waals surface area contributed by atoms with Crippen molar-refractivity contribution >= 4 is 5.97 Å². The molecule has 1 aliphatic rings. The third kappa shape index (κ3) is 1.69. The number of aromatic hydroxyl groups is 1. The van der Waals surface area contributed by atoms with Gasteiger partial charge in [-0.1, -0.05) is 12.1 Å². The summed E-state index contributed by atoms with van der Waals surface area (Å²) in [6.07, 6.45) is 1.66. The maximum atomic E-state index is 11.8. The van der Waals surface area contributed by atoms with Gasteiger partial charge in [-0.15, -0.1) is 0 Å². The van der Waals surface area contributed by atoms with Crippen LogP contribution in [0.15, 0.2) is 24.3 Å². The van der Waals surface area contributed by atoms with Crippen LogP contribution in [0.25, 0.3) is 0 Å². The van der Waals surface area contributed by atoms with Crippen LogP contribution in [0, 0.1) is 0 Å². The topological polar surface area (TPSA) is 72.5 Å². The van der Waals surface area contributed by atoms with Gasteiger partial charge in [-0.25, -0.2) is 0 Å². The molecule has 0 aliphatic heterocycles. The van der Waals surface area contributed by atoms with E-state index in [1.165, 1.54) is 7.11 Å². The second kappa shape index (κ2) is 3.74. The zero-order chi connectivity index (χ0) is 12.7. The Morgan fingerprint density at radius 2 is 2.18 bits per heavy atom. The summed E-state index contributed by atoms with van der Waals surface area (Å²) in [5.41, 5.74) is 5.57. The van der Waals surface area contributed by atoms with Crippen molar-refractivity contribution < 1.29 is 14.6 Å². The summed E-state index contributed by atoms with van der Waals surface area (Å²) in [5, 5.41) is 9.51. The normalized spacial score (nSPS) is 20.4. The van der Waals surface area contributed by atoms with E-state index in [9.17, 15) is 9.90 Å². The largest absolute Gasteiger partial charge is 0.508 e. The Morgan fingerprint density at radius 3 is 2.65 bits per heavy atom. The molecule has 0 saturated heterocycles. The van der Waals surface area contributed by atoms with Gasteiger partial charge in [-0.3, -0.25) is 4.79 Å². The molecule has 4 nitrogen and oxygen atoms in total. The van der Waals surface area contributed by atoms with Gasteiger partial charge in [0, 0.05) is 5.41 Å². The van der Waals surface area contributed by atoms with Crippen LogP contribution in [0.1, 0.15) is 25.3 Å². The second-order valence-electron chi connectivity index (χ2n) is 4.83. The van der Waals surface area contributed by atoms with Crippen LogP contribution in [-0.2, 0) is 14.9 Å². The summed E-state index contributed by atoms with van der Waals surface area (Å²) in [5.74, 6) is -0.229. The Kier molecular flexibility index (Phi) is 2.62. The van der Waals surface area contributed by atoms with E-state index in [1.807, 2.05) is 6.07 Å². The van der Waals surface area contributed by atoms with Gasteiger partial charge in [-0.05, 0) is 37.5 Å². The van der Waals surface area contributed by atoms with E-state index < -0.39 is 16.9 Å². The molecule has 1 aliphatic carbocycles. The van der Waals surface area contributed by atoms with E-state index in [1.54, 1.807) is 25.1 Å². The van der Waals surface area contributed by atoms with Crippen LogP contribution in [0.4, 0.5) is 0 Å². The van der Waals surface area contributed by atoms with Gasteiger partial charge >= 0.3 is 5.97 Å². The molecule has 0 heterocycles. The Morgan fingerprint density at radius 1 is 1.53 bits per heavy atom. The smallest absolute Gasteiger partial charge is 0.326 e. The van der Waals surface area contributed by atoms with Gasteiger partial charge in [0.25, 0.3) is 0 Å². The molecule has 1 unspecified atom stereocenters. The lowest BCUT2D eigenvalue weighted by Gasteiger charge is -2.32. The number of nitrogens with two attached hydrogens (primary N) is 1. The van der Waals surface area contributed by atoms with E-state index in [2.05, 4.69) is 0 Å². The molecule has 3 N–H and O–H groups in total. The minimum atomic E-state index is -1.06. The van der Waals surface area contributed by atoms with E-state index in [4.69, 9.17) is 10.5 Å². The molecule has 4 heteroatoms. The first-order chi connectivity index (χ1) is 7.94. The van der Waals surface area contributed by atoms with Crippen LogP contribution in [0.2, 0.25) is 0 Å². The first-order valence-corrected chi connectivity index (χ1v) is 5.61. The molecule has 1 saturated carbocycles. The fraction of sp³-hybridized carbons (Fsp3) is 0.462. The van der Waals surface area contributed by atoms with Crippen molar-refractivity contribution in [3.05, 3.63) is 29.8 Å². The summed E-state index contributed by atoms with van der Waals surface area (Å²) < 4.78 is 4.77. The lowest BCUT2D eigenvalue weighted by molar-refractivity contribution is -0.147. The number of methoxy groups -OCH3 is 1. The summed E-state index contributed by atoms with van der Waals surface area (Å²) >= 11 is 0. The molecule has 17 heavy (non-hydrogen) atoms. The Balaban J connectivity index is 2.41. The minimum Gasteiger partial charge on any atom is -0.508 e. The molecular weight excluding hydrogens is 218 g/mol. The standard InChI is InChI=1S/C13H17NO3/c1-12(14,11(16)17-2)13(6-7-13)9-4-3-5-10(15)8-9/h3-5,8,15H,6-7,14H2,1-2H3. The van der Waals surface area contributed by atoms with E-state index in [0.29, 0.717) is 0 Å². The maximum Gasteiger partial charge on any atom is 0.326 e. The fourth-order valence-corrected chi connectivity index (χ4v) is 2.44. The number of hydrogen-bond donors (Lipinski definition) is 2. The highest BCUT2D eigenvalue weighted by molar-refractivity contribution is 5.83. The number of phenolic OH excluding ortho intramolecular Hbond substituents is 1.